The zero-order valence-corrected chi connectivity index (χ0v) is 13.0. The van der Waals surface area contributed by atoms with Crippen molar-refractivity contribution in [3.05, 3.63) is 34.3 Å². The summed E-state index contributed by atoms with van der Waals surface area (Å²) in [4.78, 5) is 24.2. The number of rotatable bonds is 3. The van der Waals surface area contributed by atoms with Crippen molar-refractivity contribution in [3.63, 3.8) is 0 Å². The second kappa shape index (κ2) is 6.06. The molecule has 5 heteroatoms. The molecule has 0 heterocycles. The van der Waals surface area contributed by atoms with E-state index in [2.05, 4.69) is 5.32 Å². The lowest BCUT2D eigenvalue weighted by Crippen LogP contribution is -2.56. The average Bonchev–Trinajstić information content (AvgIpc) is 2.41. The molecule has 1 aromatic carbocycles. The summed E-state index contributed by atoms with van der Waals surface area (Å²) < 4.78 is 0. The average molecular weight is 310 g/mol. The Morgan fingerprint density at radius 3 is 2.76 bits per heavy atom. The monoisotopic (exact) mass is 309 g/mol. The lowest BCUT2D eigenvalue weighted by Gasteiger charge is -2.37. The van der Waals surface area contributed by atoms with Gasteiger partial charge >= 0.3 is 5.97 Å². The first-order valence-corrected chi connectivity index (χ1v) is 7.54. The maximum Gasteiger partial charge on any atom is 0.329 e. The van der Waals surface area contributed by atoms with Crippen molar-refractivity contribution in [2.75, 3.05) is 0 Å². The standard InChI is InChI=1S/C16H20ClNO3/c1-10-5-4-8-16(9-10,15(20)21)18-14(19)12-6-3-7-13(17)11(12)2/h3,6-7,10H,4-5,8-9H2,1-2H3,(H,18,19)(H,20,21). The van der Waals surface area contributed by atoms with Gasteiger partial charge in [-0.2, -0.15) is 0 Å². The molecule has 0 bridgehead atoms. The number of carbonyl (C=O) groups excluding carboxylic acids is 1. The summed E-state index contributed by atoms with van der Waals surface area (Å²) >= 11 is 6.02. The Bertz CT molecular complexity index is 573. The number of hydrogen-bond donors (Lipinski definition) is 2. The summed E-state index contributed by atoms with van der Waals surface area (Å²) in [5.74, 6) is -1.04. The predicted octanol–water partition coefficient (Wildman–Crippen LogP) is 3.41. The van der Waals surface area contributed by atoms with Crippen LogP contribution in [0.15, 0.2) is 18.2 Å². The minimum absolute atomic E-state index is 0.288. The molecule has 21 heavy (non-hydrogen) atoms. The fourth-order valence-corrected chi connectivity index (χ4v) is 3.23. The quantitative estimate of drug-likeness (QED) is 0.899. The van der Waals surface area contributed by atoms with Gasteiger partial charge in [0.25, 0.3) is 5.91 Å². The highest BCUT2D eigenvalue weighted by molar-refractivity contribution is 6.31. The highest BCUT2D eigenvalue weighted by Crippen LogP contribution is 2.33. The predicted molar refractivity (Wildman–Crippen MR) is 81.7 cm³/mol. The number of carbonyl (C=O) groups is 2. The number of carboxylic acids is 1. The molecule has 2 N–H and O–H groups in total. The molecule has 1 fully saturated rings. The molecule has 0 saturated heterocycles. The first-order valence-electron chi connectivity index (χ1n) is 7.17. The third kappa shape index (κ3) is 3.21. The van der Waals surface area contributed by atoms with Crippen LogP contribution in [-0.4, -0.2) is 22.5 Å². The van der Waals surface area contributed by atoms with Crippen LogP contribution in [0.3, 0.4) is 0 Å². The van der Waals surface area contributed by atoms with Crippen LogP contribution in [0.4, 0.5) is 0 Å². The van der Waals surface area contributed by atoms with Crippen molar-refractivity contribution in [2.24, 2.45) is 5.92 Å². The third-order valence-corrected chi connectivity index (χ3v) is 4.68. The van der Waals surface area contributed by atoms with Crippen molar-refractivity contribution >= 4 is 23.5 Å². The maximum atomic E-state index is 12.5. The molecular weight excluding hydrogens is 290 g/mol. The molecule has 1 aromatic rings. The zero-order valence-electron chi connectivity index (χ0n) is 12.3. The fourth-order valence-electron chi connectivity index (χ4n) is 3.05. The van der Waals surface area contributed by atoms with Gasteiger partial charge in [0.05, 0.1) is 0 Å². The first-order chi connectivity index (χ1) is 9.85. The molecule has 2 unspecified atom stereocenters. The van der Waals surface area contributed by atoms with Crippen LogP contribution in [0.5, 0.6) is 0 Å². The van der Waals surface area contributed by atoms with Gasteiger partial charge in [-0.05, 0) is 43.4 Å². The summed E-state index contributed by atoms with van der Waals surface area (Å²) in [5.41, 5.74) is -0.0637. The van der Waals surface area contributed by atoms with Gasteiger partial charge in [0.2, 0.25) is 0 Å². The van der Waals surface area contributed by atoms with E-state index >= 15 is 0 Å². The molecule has 1 aliphatic rings. The Morgan fingerprint density at radius 2 is 2.14 bits per heavy atom. The van der Waals surface area contributed by atoms with Crippen LogP contribution in [0.25, 0.3) is 0 Å². The molecule has 1 aliphatic carbocycles. The molecule has 114 valence electrons. The Labute approximate surface area is 129 Å². The number of halogens is 1. The minimum Gasteiger partial charge on any atom is -0.480 e. The van der Waals surface area contributed by atoms with E-state index in [9.17, 15) is 14.7 Å². The molecule has 4 nitrogen and oxygen atoms in total. The van der Waals surface area contributed by atoms with Crippen LogP contribution in [0, 0.1) is 12.8 Å². The van der Waals surface area contributed by atoms with Crippen LogP contribution < -0.4 is 5.32 Å². The van der Waals surface area contributed by atoms with E-state index in [1.54, 1.807) is 25.1 Å². The van der Waals surface area contributed by atoms with E-state index in [4.69, 9.17) is 11.6 Å². The Balaban J connectivity index is 2.27. The molecule has 0 spiro atoms. The van der Waals surface area contributed by atoms with Crippen molar-refractivity contribution in [1.29, 1.82) is 0 Å². The number of benzene rings is 1. The molecule has 0 aliphatic heterocycles. The first kappa shape index (κ1) is 15.8. The lowest BCUT2D eigenvalue weighted by atomic mass is 9.76. The van der Waals surface area contributed by atoms with Crippen LogP contribution in [0.2, 0.25) is 5.02 Å². The second-order valence-corrected chi connectivity index (χ2v) is 6.36. The van der Waals surface area contributed by atoms with Gasteiger partial charge in [-0.15, -0.1) is 0 Å². The molecule has 0 aromatic heterocycles. The number of nitrogens with one attached hydrogen (secondary N) is 1. The van der Waals surface area contributed by atoms with E-state index in [1.807, 2.05) is 6.92 Å². The summed E-state index contributed by atoms with van der Waals surface area (Å²) in [7, 11) is 0. The van der Waals surface area contributed by atoms with Crippen LogP contribution in [0.1, 0.15) is 48.5 Å². The van der Waals surface area contributed by atoms with Gasteiger partial charge in [0, 0.05) is 10.6 Å². The Morgan fingerprint density at radius 1 is 1.43 bits per heavy atom. The highest BCUT2D eigenvalue weighted by atomic mass is 35.5. The van der Waals surface area contributed by atoms with Crippen molar-refractivity contribution in [1.82, 2.24) is 5.32 Å². The van der Waals surface area contributed by atoms with Gasteiger partial charge in [-0.25, -0.2) is 4.79 Å². The van der Waals surface area contributed by atoms with E-state index in [-0.39, 0.29) is 11.8 Å². The fraction of sp³-hybridized carbons (Fsp3) is 0.500. The number of carboxylic acid groups (broad SMARTS) is 1. The van der Waals surface area contributed by atoms with Crippen molar-refractivity contribution in [2.45, 2.75) is 45.1 Å². The molecule has 0 radical (unpaired) electrons. The maximum absolute atomic E-state index is 12.5. The topological polar surface area (TPSA) is 66.4 Å². The minimum atomic E-state index is -1.16. The molecule has 2 rings (SSSR count). The number of amides is 1. The second-order valence-electron chi connectivity index (χ2n) is 5.96. The normalized spacial score (nSPS) is 25.4. The van der Waals surface area contributed by atoms with E-state index in [0.717, 1.165) is 12.8 Å². The third-order valence-electron chi connectivity index (χ3n) is 4.27. The van der Waals surface area contributed by atoms with Gasteiger partial charge in [0.1, 0.15) is 5.54 Å². The molecular formula is C16H20ClNO3. The van der Waals surface area contributed by atoms with Crippen LogP contribution in [-0.2, 0) is 4.79 Å². The van der Waals surface area contributed by atoms with Gasteiger partial charge in [-0.1, -0.05) is 37.4 Å². The summed E-state index contributed by atoms with van der Waals surface area (Å²) in [6.45, 7) is 3.78. The largest absolute Gasteiger partial charge is 0.480 e. The Kier molecular flexibility index (Phi) is 4.57. The van der Waals surface area contributed by atoms with Gasteiger partial charge in [0.15, 0.2) is 0 Å². The van der Waals surface area contributed by atoms with Gasteiger partial charge in [-0.3, -0.25) is 4.79 Å². The van der Waals surface area contributed by atoms with E-state index < -0.39 is 11.5 Å². The molecule has 1 amide bonds. The highest BCUT2D eigenvalue weighted by Gasteiger charge is 2.43. The number of aliphatic carboxylic acids is 1. The summed E-state index contributed by atoms with van der Waals surface area (Å²) in [6, 6.07) is 5.07. The summed E-state index contributed by atoms with van der Waals surface area (Å²) in [5, 5.41) is 12.8. The SMILES string of the molecule is Cc1c(Cl)cccc1C(=O)NC1(C(=O)O)CCCC(C)C1. The van der Waals surface area contributed by atoms with Crippen LogP contribution >= 0.6 is 11.6 Å². The lowest BCUT2D eigenvalue weighted by molar-refractivity contribution is -0.146. The molecule has 1 saturated carbocycles. The van der Waals surface area contributed by atoms with E-state index in [0.29, 0.717) is 29.0 Å². The Hall–Kier alpha value is -1.55. The van der Waals surface area contributed by atoms with Crippen molar-refractivity contribution < 1.29 is 14.7 Å². The number of hydrogen-bond acceptors (Lipinski definition) is 2. The smallest absolute Gasteiger partial charge is 0.329 e. The molecule has 2 atom stereocenters. The van der Waals surface area contributed by atoms with Gasteiger partial charge < -0.3 is 10.4 Å². The van der Waals surface area contributed by atoms with Crippen molar-refractivity contribution in [3.8, 4) is 0 Å². The zero-order chi connectivity index (χ0) is 15.6. The van der Waals surface area contributed by atoms with E-state index in [1.165, 1.54) is 0 Å². The summed E-state index contributed by atoms with van der Waals surface area (Å²) in [6.07, 6.45) is 2.75.